The number of nitrogens with zero attached hydrogens (tertiary/aromatic N) is 2. The summed E-state index contributed by atoms with van der Waals surface area (Å²) in [6, 6.07) is 17.8. The molecule has 0 atom stereocenters. The number of carbonyl (C=O) groups is 1. The largest absolute Gasteiger partial charge is 0.384 e. The van der Waals surface area contributed by atoms with Gasteiger partial charge in [0.05, 0.1) is 6.21 Å². The van der Waals surface area contributed by atoms with Crippen molar-refractivity contribution in [1.29, 1.82) is 0 Å². The van der Waals surface area contributed by atoms with E-state index in [2.05, 4.69) is 10.0 Å². The Bertz CT molecular complexity index is 739. The van der Waals surface area contributed by atoms with Gasteiger partial charge in [0, 0.05) is 24.0 Å². The van der Waals surface area contributed by atoms with Crippen LogP contribution in [-0.4, -0.2) is 31.4 Å². The van der Waals surface area contributed by atoms with Crippen molar-refractivity contribution < 1.29 is 19.4 Å². The summed E-state index contributed by atoms with van der Waals surface area (Å²) in [5.41, 5.74) is 2.31. The summed E-state index contributed by atoms with van der Waals surface area (Å²) in [6.07, 6.45) is 1.56. The first kappa shape index (κ1) is 19.5. The van der Waals surface area contributed by atoms with Gasteiger partial charge in [-0.3, -0.25) is 4.89 Å². The van der Waals surface area contributed by atoms with Crippen LogP contribution >= 0.6 is 0 Å². The lowest BCUT2D eigenvalue weighted by Crippen LogP contribution is -2.23. The highest BCUT2D eigenvalue weighted by atomic mass is 17.2. The zero-order valence-electron chi connectivity index (χ0n) is 15.5. The molecule has 0 N–H and O–H groups in total. The number of carbonyl (C=O) groups excluding carboxylic acids is 1. The summed E-state index contributed by atoms with van der Waals surface area (Å²) < 4.78 is 0. The Morgan fingerprint density at radius 2 is 1.73 bits per heavy atom. The summed E-state index contributed by atoms with van der Waals surface area (Å²) in [4.78, 5) is 28.1. The van der Waals surface area contributed by atoms with Gasteiger partial charge in [-0.25, -0.2) is 4.79 Å². The summed E-state index contributed by atoms with van der Waals surface area (Å²) in [7, 11) is 1.98. The highest BCUT2D eigenvalue weighted by molar-refractivity contribution is 5.89. The highest BCUT2D eigenvalue weighted by Gasteiger charge is 2.15. The molecular formula is C20H24N2O4. The van der Waals surface area contributed by atoms with E-state index >= 15 is 0 Å². The molecule has 2 aromatic rings. The second kappa shape index (κ2) is 9.01. The van der Waals surface area contributed by atoms with Gasteiger partial charge in [0.15, 0.2) is 0 Å². The van der Waals surface area contributed by atoms with E-state index in [0.717, 1.165) is 16.9 Å². The summed E-state index contributed by atoms with van der Waals surface area (Å²) in [5.74, 6) is -0.647. The van der Waals surface area contributed by atoms with E-state index in [4.69, 9.17) is 9.73 Å². The number of para-hydroxylation sites is 2. The Kier molecular flexibility index (Phi) is 6.74. The molecule has 6 heteroatoms. The topological polar surface area (TPSA) is 60.4 Å². The van der Waals surface area contributed by atoms with Crippen LogP contribution < -0.4 is 4.90 Å². The lowest BCUT2D eigenvalue weighted by atomic mass is 10.1. The van der Waals surface area contributed by atoms with Gasteiger partial charge in [0.2, 0.25) is 6.61 Å². The number of hydrogen-bond donors (Lipinski definition) is 0. The molecule has 138 valence electrons. The van der Waals surface area contributed by atoms with Crippen LogP contribution in [0.5, 0.6) is 0 Å². The Morgan fingerprint density at radius 1 is 1.08 bits per heavy atom. The average molecular weight is 356 g/mol. The average Bonchev–Trinajstić information content (AvgIpc) is 2.63. The van der Waals surface area contributed by atoms with E-state index in [1.807, 2.05) is 66.5 Å². The molecule has 0 aromatic heterocycles. The van der Waals surface area contributed by atoms with Crippen LogP contribution in [0.25, 0.3) is 0 Å². The van der Waals surface area contributed by atoms with Crippen LogP contribution in [0.2, 0.25) is 0 Å². The quantitative estimate of drug-likeness (QED) is 0.425. The first-order valence-electron chi connectivity index (χ1n) is 8.28. The maximum absolute atomic E-state index is 11.5. The van der Waals surface area contributed by atoms with Gasteiger partial charge in [0.25, 0.3) is 0 Å². The second-order valence-electron chi connectivity index (χ2n) is 6.61. The van der Waals surface area contributed by atoms with Gasteiger partial charge in [0.1, 0.15) is 5.60 Å². The predicted octanol–water partition coefficient (Wildman–Crippen LogP) is 4.08. The monoisotopic (exact) mass is 356 g/mol. The van der Waals surface area contributed by atoms with Crippen molar-refractivity contribution in [3.8, 4) is 0 Å². The third kappa shape index (κ3) is 6.22. The summed E-state index contributed by atoms with van der Waals surface area (Å²) >= 11 is 0. The van der Waals surface area contributed by atoms with E-state index in [1.54, 1.807) is 27.0 Å². The molecule has 0 aliphatic carbocycles. The SMILES string of the molecule is CN(c1ccccc1)c1ccccc1/C=N/OCC(=O)OOC(C)(C)C. The maximum Gasteiger partial charge on any atom is 0.382 e. The van der Waals surface area contributed by atoms with Crippen LogP contribution in [0.15, 0.2) is 59.8 Å². The fourth-order valence-electron chi connectivity index (χ4n) is 2.07. The molecular weight excluding hydrogens is 332 g/mol. The first-order chi connectivity index (χ1) is 12.4. The molecule has 0 heterocycles. The second-order valence-corrected chi connectivity index (χ2v) is 6.61. The van der Waals surface area contributed by atoms with Crippen LogP contribution in [0, 0.1) is 0 Å². The Hall–Kier alpha value is -2.86. The minimum Gasteiger partial charge on any atom is -0.384 e. The van der Waals surface area contributed by atoms with Crippen molar-refractivity contribution in [3.63, 3.8) is 0 Å². The van der Waals surface area contributed by atoms with E-state index in [9.17, 15) is 4.79 Å². The number of hydrogen-bond acceptors (Lipinski definition) is 6. The van der Waals surface area contributed by atoms with Crippen molar-refractivity contribution in [2.75, 3.05) is 18.6 Å². The Balaban J connectivity index is 1.95. The fraction of sp³-hybridized carbons (Fsp3) is 0.300. The molecule has 0 amide bonds. The summed E-state index contributed by atoms with van der Waals surface area (Å²) in [6.45, 7) is 5.00. The van der Waals surface area contributed by atoms with E-state index in [0.29, 0.717) is 0 Å². The van der Waals surface area contributed by atoms with Gasteiger partial charge in [-0.2, -0.15) is 4.89 Å². The molecule has 2 rings (SSSR count). The van der Waals surface area contributed by atoms with Crippen LogP contribution in [0.1, 0.15) is 26.3 Å². The molecule has 0 aliphatic rings. The van der Waals surface area contributed by atoms with E-state index in [-0.39, 0.29) is 6.61 Å². The van der Waals surface area contributed by atoms with Crippen LogP contribution in [0.4, 0.5) is 11.4 Å². The lowest BCUT2D eigenvalue weighted by molar-refractivity contribution is -0.322. The number of rotatable bonds is 7. The molecule has 0 spiro atoms. The Labute approximate surface area is 153 Å². The number of benzene rings is 2. The maximum atomic E-state index is 11.5. The summed E-state index contributed by atoms with van der Waals surface area (Å²) in [5, 5.41) is 3.85. The minimum atomic E-state index is -0.647. The Morgan fingerprint density at radius 3 is 2.42 bits per heavy atom. The highest BCUT2D eigenvalue weighted by Crippen LogP contribution is 2.25. The van der Waals surface area contributed by atoms with Crippen LogP contribution in [-0.2, 0) is 19.4 Å². The minimum absolute atomic E-state index is 0.330. The van der Waals surface area contributed by atoms with E-state index < -0.39 is 11.6 Å². The van der Waals surface area contributed by atoms with Crippen molar-refractivity contribution in [2.24, 2.45) is 5.16 Å². The van der Waals surface area contributed by atoms with Gasteiger partial charge >= 0.3 is 5.97 Å². The number of oxime groups is 1. The molecule has 0 radical (unpaired) electrons. The molecule has 26 heavy (non-hydrogen) atoms. The molecule has 0 unspecified atom stereocenters. The standard InChI is InChI=1S/C20H24N2O4/c1-20(2,3)26-25-19(23)15-24-21-14-16-10-8-9-13-18(16)22(4)17-11-6-5-7-12-17/h5-14H,15H2,1-4H3/b21-14+. The smallest absolute Gasteiger partial charge is 0.382 e. The van der Waals surface area contributed by atoms with Crippen molar-refractivity contribution in [2.45, 2.75) is 26.4 Å². The molecule has 0 saturated heterocycles. The molecule has 0 saturated carbocycles. The van der Waals surface area contributed by atoms with Gasteiger partial charge in [-0.05, 0) is 39.0 Å². The molecule has 6 nitrogen and oxygen atoms in total. The zero-order valence-corrected chi connectivity index (χ0v) is 15.5. The molecule has 2 aromatic carbocycles. The van der Waals surface area contributed by atoms with Gasteiger partial charge in [-0.15, -0.1) is 0 Å². The normalized spacial score (nSPS) is 11.4. The predicted molar refractivity (Wildman–Crippen MR) is 101 cm³/mol. The third-order valence-electron chi connectivity index (χ3n) is 3.27. The van der Waals surface area contributed by atoms with Crippen LogP contribution in [0.3, 0.4) is 0 Å². The zero-order chi connectivity index (χ0) is 19.0. The molecule has 0 bridgehead atoms. The lowest BCUT2D eigenvalue weighted by Gasteiger charge is -2.21. The van der Waals surface area contributed by atoms with Gasteiger partial charge in [-0.1, -0.05) is 41.6 Å². The third-order valence-corrected chi connectivity index (χ3v) is 3.27. The molecule has 0 fully saturated rings. The van der Waals surface area contributed by atoms with E-state index in [1.165, 1.54) is 0 Å². The fourth-order valence-corrected chi connectivity index (χ4v) is 2.07. The molecule has 0 aliphatic heterocycles. The van der Waals surface area contributed by atoms with Crippen molar-refractivity contribution in [1.82, 2.24) is 0 Å². The van der Waals surface area contributed by atoms with Gasteiger partial charge < -0.3 is 9.74 Å². The number of anilines is 2. The first-order valence-corrected chi connectivity index (χ1v) is 8.28. The van der Waals surface area contributed by atoms with Crippen molar-refractivity contribution >= 4 is 23.6 Å². The van der Waals surface area contributed by atoms with Crippen molar-refractivity contribution in [3.05, 3.63) is 60.2 Å².